The molecule has 6 heteroatoms. The Balaban J connectivity index is 1.75. The lowest BCUT2D eigenvalue weighted by Gasteiger charge is -2.33. The van der Waals surface area contributed by atoms with Gasteiger partial charge >= 0.3 is 11.9 Å². The van der Waals surface area contributed by atoms with Crippen molar-refractivity contribution < 1.29 is 24.2 Å². The second-order valence-electron chi connectivity index (χ2n) is 5.14. The van der Waals surface area contributed by atoms with Gasteiger partial charge in [0.2, 0.25) is 0 Å². The van der Waals surface area contributed by atoms with Crippen molar-refractivity contribution in [2.24, 2.45) is 0 Å². The minimum atomic E-state index is -1.45. The van der Waals surface area contributed by atoms with E-state index in [2.05, 4.69) is 15.9 Å². The summed E-state index contributed by atoms with van der Waals surface area (Å²) in [5, 5.41) is 10.1. The molecule has 2 aliphatic rings. The van der Waals surface area contributed by atoms with Gasteiger partial charge in [-0.1, -0.05) is 34.1 Å². The first-order valence-corrected chi connectivity index (χ1v) is 7.25. The summed E-state index contributed by atoms with van der Waals surface area (Å²) in [4.78, 5) is 23.3. The first-order valence-electron chi connectivity index (χ1n) is 6.33. The Labute approximate surface area is 124 Å². The van der Waals surface area contributed by atoms with Crippen molar-refractivity contribution in [3.8, 4) is 0 Å². The molecule has 106 valence electrons. The molecule has 0 radical (unpaired) electrons. The molecule has 3 rings (SSSR count). The lowest BCUT2D eigenvalue weighted by atomic mass is 9.84. The third-order valence-electron chi connectivity index (χ3n) is 3.69. The van der Waals surface area contributed by atoms with Crippen LogP contribution in [0.4, 0.5) is 0 Å². The summed E-state index contributed by atoms with van der Waals surface area (Å²) in [6.07, 6.45) is -0.844. The number of carbonyl (C=O) groups excluding carboxylic acids is 2. The molecule has 0 aromatic heterocycles. The molecule has 1 saturated heterocycles. The summed E-state index contributed by atoms with van der Waals surface area (Å²) in [5.74, 6) is -1.10. The van der Waals surface area contributed by atoms with Gasteiger partial charge in [-0.05, 0) is 12.1 Å². The van der Waals surface area contributed by atoms with Crippen LogP contribution in [0.5, 0.6) is 0 Å². The molecule has 2 bridgehead atoms. The Morgan fingerprint density at radius 3 is 2.75 bits per heavy atom. The Morgan fingerprint density at radius 2 is 2.05 bits per heavy atom. The van der Waals surface area contributed by atoms with Gasteiger partial charge in [0.25, 0.3) is 0 Å². The highest BCUT2D eigenvalue weighted by Crippen LogP contribution is 2.42. The van der Waals surface area contributed by atoms with E-state index in [1.165, 1.54) is 0 Å². The highest BCUT2D eigenvalue weighted by atomic mass is 79.9. The number of alkyl halides is 1. The second kappa shape index (κ2) is 4.86. The number of benzene rings is 1. The van der Waals surface area contributed by atoms with Gasteiger partial charge in [-0.3, -0.25) is 0 Å². The van der Waals surface area contributed by atoms with E-state index in [9.17, 15) is 14.7 Å². The average molecular weight is 341 g/mol. The second-order valence-corrected chi connectivity index (χ2v) is 6.31. The highest BCUT2D eigenvalue weighted by Gasteiger charge is 2.58. The number of carbonyl (C=O) groups is 2. The van der Waals surface area contributed by atoms with Crippen molar-refractivity contribution >= 4 is 27.9 Å². The number of halogens is 1. The lowest BCUT2D eigenvalue weighted by Crippen LogP contribution is -2.48. The Morgan fingerprint density at radius 1 is 1.35 bits per heavy atom. The van der Waals surface area contributed by atoms with E-state index < -0.39 is 29.7 Å². The molecule has 2 fully saturated rings. The van der Waals surface area contributed by atoms with Crippen molar-refractivity contribution in [2.75, 3.05) is 0 Å². The number of hydrogen-bond acceptors (Lipinski definition) is 5. The molecule has 1 heterocycles. The Hall–Kier alpha value is -1.40. The summed E-state index contributed by atoms with van der Waals surface area (Å²) in [6.45, 7) is 0. The number of fused-ring (bicyclic) bond motifs is 2. The van der Waals surface area contributed by atoms with Crippen LogP contribution in [0.2, 0.25) is 0 Å². The molecule has 1 aromatic carbocycles. The van der Waals surface area contributed by atoms with Crippen molar-refractivity contribution in [3.63, 3.8) is 0 Å². The molecule has 20 heavy (non-hydrogen) atoms. The molecular weight excluding hydrogens is 328 g/mol. The Kier molecular flexibility index (Phi) is 3.30. The fraction of sp³-hybridized carbons (Fsp3) is 0.429. The van der Waals surface area contributed by atoms with Gasteiger partial charge in [0.1, 0.15) is 6.10 Å². The zero-order valence-electron chi connectivity index (χ0n) is 10.5. The topological polar surface area (TPSA) is 72.8 Å². The van der Waals surface area contributed by atoms with Crippen LogP contribution in [-0.4, -0.2) is 39.7 Å². The van der Waals surface area contributed by atoms with Crippen LogP contribution in [-0.2, 0) is 14.3 Å². The molecule has 5 nitrogen and oxygen atoms in total. The van der Waals surface area contributed by atoms with Crippen molar-refractivity contribution in [2.45, 2.75) is 35.5 Å². The van der Waals surface area contributed by atoms with Gasteiger partial charge in [0.15, 0.2) is 11.7 Å². The van der Waals surface area contributed by atoms with E-state index in [-0.39, 0.29) is 17.7 Å². The largest absolute Gasteiger partial charge is 0.456 e. The van der Waals surface area contributed by atoms with Crippen LogP contribution in [0, 0.1) is 0 Å². The smallest absolute Gasteiger partial charge is 0.338 e. The first-order chi connectivity index (χ1) is 9.49. The summed E-state index contributed by atoms with van der Waals surface area (Å²) in [6, 6.07) is 8.62. The van der Waals surface area contributed by atoms with Crippen LogP contribution in [0.25, 0.3) is 0 Å². The van der Waals surface area contributed by atoms with Gasteiger partial charge in [-0.15, -0.1) is 0 Å². The quantitative estimate of drug-likeness (QED) is 0.651. The van der Waals surface area contributed by atoms with Gasteiger partial charge < -0.3 is 14.6 Å². The molecule has 1 aliphatic carbocycles. The van der Waals surface area contributed by atoms with Crippen LogP contribution in [0.15, 0.2) is 30.3 Å². The Bertz CT molecular complexity index is 546. The third kappa shape index (κ3) is 2.23. The number of esters is 2. The fourth-order valence-corrected chi connectivity index (χ4v) is 3.63. The SMILES string of the molecule is O=C(O[C@@H]1[C@H](Br)C[C@]2(O)C[C@H]1OC2=O)c1ccccc1. The normalized spacial score (nSPS) is 35.5. The van der Waals surface area contributed by atoms with Gasteiger partial charge in [0.05, 0.1) is 10.4 Å². The first kappa shape index (κ1) is 13.6. The standard InChI is InChI=1S/C14H13BrO5/c15-9-6-14(18)7-10(19-13(14)17)11(9)20-12(16)8-4-2-1-3-5-8/h1-5,9-11,18H,6-7H2/t9-,10-,11-,14+/m1/s1. The van der Waals surface area contributed by atoms with E-state index in [4.69, 9.17) is 9.47 Å². The number of ether oxygens (including phenoxy) is 2. The van der Waals surface area contributed by atoms with Gasteiger partial charge in [0, 0.05) is 12.8 Å². The predicted octanol–water partition coefficient (Wildman–Crippen LogP) is 1.43. The number of hydrogen-bond donors (Lipinski definition) is 1. The van der Waals surface area contributed by atoms with E-state index in [1.54, 1.807) is 24.3 Å². The van der Waals surface area contributed by atoms with Crippen molar-refractivity contribution in [3.05, 3.63) is 35.9 Å². The van der Waals surface area contributed by atoms with Gasteiger partial charge in [-0.25, -0.2) is 9.59 Å². The average Bonchev–Trinajstić information content (AvgIpc) is 2.67. The van der Waals surface area contributed by atoms with Crippen LogP contribution < -0.4 is 0 Å². The third-order valence-corrected chi connectivity index (χ3v) is 4.53. The highest BCUT2D eigenvalue weighted by molar-refractivity contribution is 9.09. The van der Waals surface area contributed by atoms with E-state index in [0.717, 1.165) is 0 Å². The van der Waals surface area contributed by atoms with Crippen LogP contribution in [0.1, 0.15) is 23.2 Å². The molecule has 4 atom stereocenters. The van der Waals surface area contributed by atoms with Crippen molar-refractivity contribution in [1.29, 1.82) is 0 Å². The molecule has 1 saturated carbocycles. The maximum Gasteiger partial charge on any atom is 0.338 e. The van der Waals surface area contributed by atoms with Crippen LogP contribution >= 0.6 is 15.9 Å². The summed E-state index contributed by atoms with van der Waals surface area (Å²) >= 11 is 3.37. The summed E-state index contributed by atoms with van der Waals surface area (Å²) < 4.78 is 10.6. The van der Waals surface area contributed by atoms with Crippen LogP contribution in [0.3, 0.4) is 0 Å². The molecule has 1 N–H and O–H groups in total. The van der Waals surface area contributed by atoms with Crippen molar-refractivity contribution in [1.82, 2.24) is 0 Å². The molecule has 0 unspecified atom stereocenters. The minimum Gasteiger partial charge on any atom is -0.456 e. The molecule has 1 aromatic rings. The fourth-order valence-electron chi connectivity index (χ4n) is 2.64. The zero-order chi connectivity index (χ0) is 14.3. The molecular formula is C14H13BrO5. The maximum atomic E-state index is 12.0. The lowest BCUT2D eigenvalue weighted by molar-refractivity contribution is -0.154. The zero-order valence-corrected chi connectivity index (χ0v) is 12.1. The molecule has 0 spiro atoms. The van der Waals surface area contributed by atoms with E-state index in [0.29, 0.717) is 5.56 Å². The monoisotopic (exact) mass is 340 g/mol. The summed E-state index contributed by atoms with van der Waals surface area (Å²) in [5.41, 5.74) is -1.01. The molecule has 0 amide bonds. The minimum absolute atomic E-state index is 0.167. The number of aliphatic hydroxyl groups is 1. The molecule has 1 aliphatic heterocycles. The maximum absolute atomic E-state index is 12.0. The summed E-state index contributed by atoms with van der Waals surface area (Å²) in [7, 11) is 0. The van der Waals surface area contributed by atoms with E-state index >= 15 is 0 Å². The van der Waals surface area contributed by atoms with Gasteiger partial charge in [-0.2, -0.15) is 0 Å². The van der Waals surface area contributed by atoms with E-state index in [1.807, 2.05) is 6.07 Å². The number of rotatable bonds is 2. The predicted molar refractivity (Wildman–Crippen MR) is 72.4 cm³/mol.